The lowest BCUT2D eigenvalue weighted by Gasteiger charge is -2.12. The van der Waals surface area contributed by atoms with E-state index in [-0.39, 0.29) is 11.1 Å². The van der Waals surface area contributed by atoms with Gasteiger partial charge in [0, 0.05) is 23.9 Å². The van der Waals surface area contributed by atoms with E-state index >= 15 is 0 Å². The molecule has 0 radical (unpaired) electrons. The first-order valence-electron chi connectivity index (χ1n) is 5.75. The van der Waals surface area contributed by atoms with Crippen molar-refractivity contribution in [2.45, 2.75) is 31.5 Å². The van der Waals surface area contributed by atoms with Crippen molar-refractivity contribution in [3.05, 3.63) is 11.8 Å². The fourth-order valence-corrected chi connectivity index (χ4v) is 3.59. The van der Waals surface area contributed by atoms with Gasteiger partial charge in [0.15, 0.2) is 5.03 Å². The van der Waals surface area contributed by atoms with Gasteiger partial charge in [-0.2, -0.15) is 16.9 Å². The number of nitrogens with one attached hydrogen (secondary N) is 3. The van der Waals surface area contributed by atoms with Crippen molar-refractivity contribution in [1.29, 1.82) is 0 Å². The van der Waals surface area contributed by atoms with Crippen LogP contribution in [-0.4, -0.2) is 43.2 Å². The molecule has 1 aromatic rings. The Morgan fingerprint density at radius 3 is 2.89 bits per heavy atom. The number of aromatic amines is 1. The predicted molar refractivity (Wildman–Crippen MR) is 74.1 cm³/mol. The summed E-state index contributed by atoms with van der Waals surface area (Å²) in [4.78, 5) is 0. The third kappa shape index (κ3) is 4.27. The van der Waals surface area contributed by atoms with Crippen LogP contribution in [0.3, 0.4) is 0 Å². The monoisotopic (exact) mass is 292 g/mol. The zero-order valence-corrected chi connectivity index (χ0v) is 12.5. The van der Waals surface area contributed by atoms with Crippen LogP contribution in [-0.2, 0) is 16.6 Å². The SMILES string of the molecule is CCNCc1cn[nH]c1S(=O)(=O)NC(C)CSC. The highest BCUT2D eigenvalue weighted by Crippen LogP contribution is 2.12. The molecular weight excluding hydrogens is 272 g/mol. The first-order valence-corrected chi connectivity index (χ1v) is 8.63. The van der Waals surface area contributed by atoms with Gasteiger partial charge in [0.25, 0.3) is 10.0 Å². The molecule has 3 N–H and O–H groups in total. The van der Waals surface area contributed by atoms with Crippen LogP contribution in [0, 0.1) is 0 Å². The van der Waals surface area contributed by atoms with Crippen molar-refractivity contribution in [3.8, 4) is 0 Å². The minimum absolute atomic E-state index is 0.111. The molecule has 0 spiro atoms. The molecule has 6 nitrogen and oxygen atoms in total. The van der Waals surface area contributed by atoms with Crippen LogP contribution in [0.5, 0.6) is 0 Å². The number of H-pyrrole nitrogens is 1. The highest BCUT2D eigenvalue weighted by atomic mass is 32.2. The maximum atomic E-state index is 12.1. The van der Waals surface area contributed by atoms with Gasteiger partial charge in [0.05, 0.1) is 6.20 Å². The summed E-state index contributed by atoms with van der Waals surface area (Å²) in [7, 11) is -3.52. The molecule has 0 bridgehead atoms. The van der Waals surface area contributed by atoms with Crippen LogP contribution in [0.15, 0.2) is 11.2 Å². The molecule has 0 fully saturated rings. The molecule has 0 aliphatic heterocycles. The van der Waals surface area contributed by atoms with Crippen LogP contribution >= 0.6 is 11.8 Å². The Kier molecular flexibility index (Phi) is 6.13. The van der Waals surface area contributed by atoms with Crippen LogP contribution in [0.25, 0.3) is 0 Å². The lowest BCUT2D eigenvalue weighted by atomic mass is 10.3. The molecule has 104 valence electrons. The van der Waals surface area contributed by atoms with Crippen LogP contribution in [0.4, 0.5) is 0 Å². The summed E-state index contributed by atoms with van der Waals surface area (Å²) in [5.41, 5.74) is 0.653. The summed E-state index contributed by atoms with van der Waals surface area (Å²) in [6, 6.07) is -0.111. The van der Waals surface area contributed by atoms with Crippen LogP contribution in [0.1, 0.15) is 19.4 Å². The molecule has 0 aromatic carbocycles. The van der Waals surface area contributed by atoms with Gasteiger partial charge < -0.3 is 5.32 Å². The largest absolute Gasteiger partial charge is 0.313 e. The second-order valence-corrected chi connectivity index (χ2v) is 6.54. The summed E-state index contributed by atoms with van der Waals surface area (Å²) in [5, 5.41) is 9.60. The first-order chi connectivity index (χ1) is 8.51. The zero-order chi connectivity index (χ0) is 13.6. The van der Waals surface area contributed by atoms with E-state index < -0.39 is 10.0 Å². The quantitative estimate of drug-likeness (QED) is 0.651. The predicted octanol–water partition coefficient (Wildman–Crippen LogP) is 0.549. The Balaban J connectivity index is 2.81. The number of hydrogen-bond donors (Lipinski definition) is 3. The van der Waals surface area contributed by atoms with Crippen molar-refractivity contribution in [2.75, 3.05) is 18.6 Å². The Morgan fingerprint density at radius 2 is 2.28 bits per heavy atom. The van der Waals surface area contributed by atoms with E-state index in [0.29, 0.717) is 12.1 Å². The van der Waals surface area contributed by atoms with Crippen LogP contribution in [0.2, 0.25) is 0 Å². The number of rotatable bonds is 8. The van der Waals surface area contributed by atoms with Gasteiger partial charge in [-0.3, -0.25) is 5.10 Å². The zero-order valence-electron chi connectivity index (χ0n) is 10.9. The van der Waals surface area contributed by atoms with E-state index in [1.54, 1.807) is 11.8 Å². The standard InChI is InChI=1S/C10H20N4O2S2/c1-4-11-5-9-6-12-13-10(9)18(15,16)14-8(2)7-17-3/h6,8,11,14H,4-5,7H2,1-3H3,(H,12,13). The third-order valence-corrected chi connectivity index (χ3v) is 4.72. The van der Waals surface area contributed by atoms with Crippen molar-refractivity contribution < 1.29 is 8.42 Å². The molecule has 1 unspecified atom stereocenters. The number of sulfonamides is 1. The third-order valence-electron chi connectivity index (χ3n) is 2.29. The smallest absolute Gasteiger partial charge is 0.258 e. The molecule has 1 rings (SSSR count). The minimum Gasteiger partial charge on any atom is -0.313 e. The van der Waals surface area contributed by atoms with Crippen LogP contribution < -0.4 is 10.0 Å². The van der Waals surface area contributed by atoms with Crippen molar-refractivity contribution in [2.24, 2.45) is 0 Å². The molecule has 18 heavy (non-hydrogen) atoms. The van der Waals surface area contributed by atoms with E-state index in [4.69, 9.17) is 0 Å². The van der Waals surface area contributed by atoms with E-state index in [1.165, 1.54) is 6.20 Å². The second-order valence-electron chi connectivity index (χ2n) is 3.98. The molecule has 1 atom stereocenters. The number of nitrogens with zero attached hydrogens (tertiary/aromatic N) is 1. The summed E-state index contributed by atoms with van der Waals surface area (Å²) in [6.45, 7) is 5.07. The molecule has 1 aromatic heterocycles. The lowest BCUT2D eigenvalue weighted by molar-refractivity contribution is 0.564. The highest BCUT2D eigenvalue weighted by molar-refractivity contribution is 7.98. The van der Waals surface area contributed by atoms with Gasteiger partial charge in [0.2, 0.25) is 0 Å². The van der Waals surface area contributed by atoms with E-state index in [2.05, 4.69) is 20.2 Å². The lowest BCUT2D eigenvalue weighted by Crippen LogP contribution is -2.35. The summed E-state index contributed by atoms with van der Waals surface area (Å²) >= 11 is 1.60. The van der Waals surface area contributed by atoms with Gasteiger partial charge in [-0.05, 0) is 19.7 Å². The minimum atomic E-state index is -3.52. The average molecular weight is 292 g/mol. The van der Waals surface area contributed by atoms with E-state index in [1.807, 2.05) is 20.1 Å². The highest BCUT2D eigenvalue weighted by Gasteiger charge is 2.22. The summed E-state index contributed by atoms with van der Waals surface area (Å²) < 4.78 is 26.9. The topological polar surface area (TPSA) is 86.9 Å². The fraction of sp³-hybridized carbons (Fsp3) is 0.700. The molecule has 0 saturated heterocycles. The summed E-state index contributed by atoms with van der Waals surface area (Å²) in [5.74, 6) is 0.732. The molecule has 0 amide bonds. The molecule has 0 saturated carbocycles. The van der Waals surface area contributed by atoms with Crippen molar-refractivity contribution in [3.63, 3.8) is 0 Å². The number of aromatic nitrogens is 2. The van der Waals surface area contributed by atoms with E-state index in [0.717, 1.165) is 12.3 Å². The van der Waals surface area contributed by atoms with Gasteiger partial charge in [0.1, 0.15) is 0 Å². The maximum absolute atomic E-state index is 12.1. The second kappa shape index (κ2) is 7.13. The maximum Gasteiger partial charge on any atom is 0.258 e. The Hall–Kier alpha value is -0.570. The van der Waals surface area contributed by atoms with Gasteiger partial charge in [-0.1, -0.05) is 6.92 Å². The fourth-order valence-electron chi connectivity index (χ4n) is 1.53. The Labute approximate surface area is 112 Å². The first kappa shape index (κ1) is 15.5. The Bertz CT molecular complexity index is 458. The van der Waals surface area contributed by atoms with Gasteiger partial charge in [-0.25, -0.2) is 13.1 Å². The van der Waals surface area contributed by atoms with Gasteiger partial charge >= 0.3 is 0 Å². The summed E-state index contributed by atoms with van der Waals surface area (Å²) in [6.07, 6.45) is 3.48. The average Bonchev–Trinajstić information content (AvgIpc) is 2.74. The molecular formula is C10H20N4O2S2. The van der Waals surface area contributed by atoms with Crippen molar-refractivity contribution in [1.82, 2.24) is 20.2 Å². The number of thioether (sulfide) groups is 1. The molecule has 0 aliphatic rings. The molecule has 8 heteroatoms. The Morgan fingerprint density at radius 1 is 1.56 bits per heavy atom. The van der Waals surface area contributed by atoms with E-state index in [9.17, 15) is 8.42 Å². The normalized spacial score (nSPS) is 13.7. The molecule has 0 aliphatic carbocycles. The van der Waals surface area contributed by atoms with Crippen molar-refractivity contribution >= 4 is 21.8 Å². The van der Waals surface area contributed by atoms with Gasteiger partial charge in [-0.15, -0.1) is 0 Å². The molecule has 1 heterocycles. The number of hydrogen-bond acceptors (Lipinski definition) is 5.